The quantitative estimate of drug-likeness (QED) is 0.242. The van der Waals surface area contributed by atoms with Gasteiger partial charge >= 0.3 is 0 Å². The van der Waals surface area contributed by atoms with Crippen LogP contribution in [0, 0.1) is 5.82 Å². The summed E-state index contributed by atoms with van der Waals surface area (Å²) >= 11 is 0. The van der Waals surface area contributed by atoms with Crippen molar-refractivity contribution in [2.24, 2.45) is 0 Å². The lowest BCUT2D eigenvalue weighted by atomic mass is 9.96. The van der Waals surface area contributed by atoms with Gasteiger partial charge < -0.3 is 9.73 Å². The van der Waals surface area contributed by atoms with Gasteiger partial charge in [0.2, 0.25) is 10.0 Å². The fourth-order valence-corrected chi connectivity index (χ4v) is 6.24. The number of halogens is 2. The fraction of sp³-hybridized carbons (Fsp3) is 0.156. The molecule has 0 bridgehead atoms. The summed E-state index contributed by atoms with van der Waals surface area (Å²) in [6, 6.07) is 11.6. The zero-order valence-corrected chi connectivity index (χ0v) is 24.7. The van der Waals surface area contributed by atoms with Crippen molar-refractivity contribution in [2.75, 3.05) is 24.7 Å². The number of furan rings is 1. The summed E-state index contributed by atoms with van der Waals surface area (Å²) in [6.45, 7) is 0. The van der Waals surface area contributed by atoms with Crippen LogP contribution in [0.5, 0.6) is 0 Å². The van der Waals surface area contributed by atoms with Gasteiger partial charge in [0.1, 0.15) is 29.3 Å². The molecule has 1 amide bonds. The maximum Gasteiger partial charge on any atom is 0.255 e. The number of carbonyl (C=O) groups excluding carboxylic acids is 1. The molecule has 0 atom stereocenters. The lowest BCUT2D eigenvalue weighted by Crippen LogP contribution is -2.25. The number of pyridine rings is 1. The van der Waals surface area contributed by atoms with E-state index in [0.29, 0.717) is 61.6 Å². The molecule has 0 fully saturated rings. The minimum atomic E-state index is -3.73. The number of fused-ring (bicyclic) bond motifs is 6. The van der Waals surface area contributed by atoms with Crippen molar-refractivity contribution < 1.29 is 26.4 Å². The van der Waals surface area contributed by atoms with Crippen LogP contribution in [0.3, 0.4) is 0 Å². The number of hydrogen-bond donors (Lipinski definition) is 1. The smallest absolute Gasteiger partial charge is 0.255 e. The standard InChI is InChI=1S/C32H25F2N5O4S/c1-35-32(40)29-23-12-20(26(38(2)44(3,41)42)14-28(23)43-30(29)17-7-9-19(33)10-8-17)18-11-22-27-13-21-24(34)5-4-6-25(21)39(27)16-37-31(22)36-15-18/h4-7,9,11-16H,8,10H2,1-3H3,(H,35,40). The van der Waals surface area contributed by atoms with Crippen LogP contribution in [0.15, 0.2) is 77.4 Å². The van der Waals surface area contributed by atoms with E-state index in [-0.39, 0.29) is 35.0 Å². The lowest BCUT2D eigenvalue weighted by molar-refractivity contribution is 0.0963. The summed E-state index contributed by atoms with van der Waals surface area (Å²) in [5.74, 6) is -0.751. The largest absolute Gasteiger partial charge is 0.455 e. The second-order valence-electron chi connectivity index (χ2n) is 10.7. The highest BCUT2D eigenvalue weighted by molar-refractivity contribution is 7.92. The predicted molar refractivity (Wildman–Crippen MR) is 166 cm³/mol. The first-order chi connectivity index (χ1) is 21.0. The molecule has 9 nitrogen and oxygen atoms in total. The van der Waals surface area contributed by atoms with Crippen molar-refractivity contribution in [3.05, 3.63) is 90.1 Å². The minimum absolute atomic E-state index is 0.174. The average molecular weight is 614 g/mol. The van der Waals surface area contributed by atoms with Gasteiger partial charge in [0, 0.05) is 60.1 Å². The molecule has 0 saturated heterocycles. The monoisotopic (exact) mass is 613 g/mol. The Morgan fingerprint density at radius 2 is 1.84 bits per heavy atom. The summed E-state index contributed by atoms with van der Waals surface area (Å²) in [5, 5.41) is 4.15. The van der Waals surface area contributed by atoms with E-state index in [1.807, 2.05) is 6.07 Å². The molecule has 4 heterocycles. The molecule has 4 aromatic heterocycles. The molecule has 222 valence electrons. The van der Waals surface area contributed by atoms with Gasteiger partial charge in [0.05, 0.1) is 28.5 Å². The molecule has 0 unspecified atom stereocenters. The molecule has 0 aliphatic heterocycles. The van der Waals surface area contributed by atoms with E-state index in [2.05, 4.69) is 15.3 Å². The summed E-state index contributed by atoms with van der Waals surface area (Å²) in [7, 11) is -0.802. The Hall–Kier alpha value is -5.10. The molecular weight excluding hydrogens is 588 g/mol. The van der Waals surface area contributed by atoms with E-state index < -0.39 is 15.9 Å². The highest BCUT2D eigenvalue weighted by Crippen LogP contribution is 2.42. The number of nitrogens with one attached hydrogen (secondary N) is 1. The molecule has 0 saturated carbocycles. The van der Waals surface area contributed by atoms with Crippen molar-refractivity contribution in [3.63, 3.8) is 0 Å². The van der Waals surface area contributed by atoms with Crippen LogP contribution in [0.1, 0.15) is 29.0 Å². The highest BCUT2D eigenvalue weighted by atomic mass is 32.2. The van der Waals surface area contributed by atoms with E-state index in [0.717, 1.165) is 10.6 Å². The van der Waals surface area contributed by atoms with Crippen molar-refractivity contribution in [2.45, 2.75) is 12.8 Å². The summed E-state index contributed by atoms with van der Waals surface area (Å²) in [6.07, 6.45) is 7.69. The van der Waals surface area contributed by atoms with E-state index in [4.69, 9.17) is 4.42 Å². The minimum Gasteiger partial charge on any atom is -0.455 e. The van der Waals surface area contributed by atoms with Gasteiger partial charge in [-0.05, 0) is 48.4 Å². The Morgan fingerprint density at radius 3 is 2.57 bits per heavy atom. The van der Waals surface area contributed by atoms with Gasteiger partial charge in [-0.15, -0.1) is 0 Å². The molecule has 0 radical (unpaired) electrons. The number of allylic oxidation sites excluding steroid dienone is 4. The van der Waals surface area contributed by atoms with Crippen LogP contribution in [-0.2, 0) is 10.0 Å². The number of carbonyl (C=O) groups is 1. The summed E-state index contributed by atoms with van der Waals surface area (Å²) in [5.41, 5.74) is 4.22. The zero-order chi connectivity index (χ0) is 30.9. The molecule has 12 heteroatoms. The van der Waals surface area contributed by atoms with Crippen LogP contribution in [0.2, 0.25) is 0 Å². The number of hydrogen-bond acceptors (Lipinski definition) is 6. The molecule has 2 aromatic carbocycles. The van der Waals surface area contributed by atoms with E-state index in [1.165, 1.54) is 26.2 Å². The molecule has 6 aromatic rings. The van der Waals surface area contributed by atoms with Crippen molar-refractivity contribution >= 4 is 65.6 Å². The number of rotatable bonds is 5. The second-order valence-corrected chi connectivity index (χ2v) is 12.7. The van der Waals surface area contributed by atoms with Gasteiger partial charge in [0.15, 0.2) is 5.65 Å². The molecule has 1 aliphatic rings. The third-order valence-electron chi connectivity index (χ3n) is 8.07. The third-order valence-corrected chi connectivity index (χ3v) is 9.26. The van der Waals surface area contributed by atoms with Gasteiger partial charge in [0.25, 0.3) is 5.91 Å². The Bertz CT molecular complexity index is 2370. The Kier molecular flexibility index (Phi) is 6.29. The van der Waals surface area contributed by atoms with Crippen LogP contribution in [0.25, 0.3) is 55.1 Å². The lowest BCUT2D eigenvalue weighted by Gasteiger charge is -2.20. The van der Waals surface area contributed by atoms with Crippen LogP contribution >= 0.6 is 0 Å². The van der Waals surface area contributed by atoms with Crippen LogP contribution < -0.4 is 9.62 Å². The Balaban J connectivity index is 1.53. The summed E-state index contributed by atoms with van der Waals surface area (Å²) < 4.78 is 63.2. The molecular formula is C32H25F2N5O4S. The van der Waals surface area contributed by atoms with Gasteiger partial charge in [-0.3, -0.25) is 13.5 Å². The van der Waals surface area contributed by atoms with Gasteiger partial charge in [-0.2, -0.15) is 0 Å². The number of anilines is 1. The predicted octanol–water partition coefficient (Wildman–Crippen LogP) is 6.37. The Morgan fingerprint density at radius 1 is 1.02 bits per heavy atom. The maximum absolute atomic E-state index is 14.7. The topological polar surface area (TPSA) is 110 Å². The molecule has 1 aliphatic carbocycles. The first-order valence-corrected chi connectivity index (χ1v) is 15.6. The van der Waals surface area contributed by atoms with Gasteiger partial charge in [-0.25, -0.2) is 27.2 Å². The van der Waals surface area contributed by atoms with Crippen molar-refractivity contribution in [1.82, 2.24) is 19.7 Å². The molecule has 44 heavy (non-hydrogen) atoms. The zero-order valence-electron chi connectivity index (χ0n) is 23.9. The van der Waals surface area contributed by atoms with Gasteiger partial charge in [-0.1, -0.05) is 12.1 Å². The van der Waals surface area contributed by atoms with E-state index in [9.17, 15) is 22.0 Å². The first kappa shape index (κ1) is 27.7. The van der Waals surface area contributed by atoms with E-state index in [1.54, 1.807) is 53.3 Å². The molecule has 0 spiro atoms. The molecule has 1 N–H and O–H groups in total. The number of amides is 1. The van der Waals surface area contributed by atoms with Crippen LogP contribution in [0.4, 0.5) is 14.5 Å². The first-order valence-electron chi connectivity index (χ1n) is 13.7. The van der Waals surface area contributed by atoms with E-state index >= 15 is 0 Å². The number of benzene rings is 2. The Labute approximate surface area is 250 Å². The SMILES string of the molecule is CNC(=O)c1c(C2=CC=C(F)CC2)oc2cc(N(C)S(C)(=O)=O)c(-c3cnc4ncn5c6cccc(F)c6cc5c4c3)cc12. The summed E-state index contributed by atoms with van der Waals surface area (Å²) in [4.78, 5) is 22.3. The van der Waals surface area contributed by atoms with Crippen molar-refractivity contribution in [3.8, 4) is 11.1 Å². The number of nitrogens with zero attached hydrogens (tertiary/aromatic N) is 4. The number of sulfonamides is 1. The highest BCUT2D eigenvalue weighted by Gasteiger charge is 2.27. The number of aromatic nitrogens is 3. The fourth-order valence-electron chi connectivity index (χ4n) is 5.74. The van der Waals surface area contributed by atoms with Crippen molar-refractivity contribution in [1.29, 1.82) is 0 Å². The second kappa shape index (κ2) is 9.98. The normalized spacial score (nSPS) is 13.9. The molecule has 7 rings (SSSR count). The van der Waals surface area contributed by atoms with Crippen LogP contribution in [-0.4, -0.2) is 49.0 Å². The average Bonchev–Trinajstić information content (AvgIpc) is 3.59. The third kappa shape index (κ3) is 4.32. The maximum atomic E-state index is 14.7.